The number of carbonyl (C=O) groups is 1. The minimum atomic E-state index is -0.468. The Morgan fingerprint density at radius 3 is 3.00 bits per heavy atom. The van der Waals surface area contributed by atoms with Crippen molar-refractivity contribution >= 4 is 5.91 Å². The first-order valence-corrected chi connectivity index (χ1v) is 6.30. The van der Waals surface area contributed by atoms with Crippen LogP contribution in [0, 0.1) is 17.1 Å². The fourth-order valence-corrected chi connectivity index (χ4v) is 2.49. The molecule has 0 aromatic heterocycles. The number of likely N-dealkylation sites (tertiary alicyclic amines) is 1. The van der Waals surface area contributed by atoms with Crippen LogP contribution in [0.5, 0.6) is 0 Å². The zero-order valence-corrected chi connectivity index (χ0v) is 11.2. The van der Waals surface area contributed by atoms with E-state index in [2.05, 4.69) is 0 Å². The van der Waals surface area contributed by atoms with Crippen LogP contribution in [0.15, 0.2) is 18.2 Å². The van der Waals surface area contributed by atoms with Crippen LogP contribution in [0.2, 0.25) is 0 Å². The lowest BCUT2D eigenvalue weighted by Crippen LogP contribution is -2.39. The second-order valence-corrected chi connectivity index (χ2v) is 4.86. The minimum absolute atomic E-state index is 0.0882. The molecule has 106 valence electrons. The van der Waals surface area contributed by atoms with Crippen molar-refractivity contribution in [2.24, 2.45) is 5.73 Å². The number of rotatable bonds is 4. The van der Waals surface area contributed by atoms with Crippen molar-refractivity contribution in [2.45, 2.75) is 25.1 Å². The lowest BCUT2D eigenvalue weighted by atomic mass is 10.1. The van der Waals surface area contributed by atoms with Crippen LogP contribution in [0.3, 0.4) is 0 Å². The van der Waals surface area contributed by atoms with Crippen LogP contribution in [-0.4, -0.2) is 36.6 Å². The molecule has 5 nitrogen and oxygen atoms in total. The van der Waals surface area contributed by atoms with Crippen LogP contribution < -0.4 is 5.73 Å². The molecule has 1 saturated heterocycles. The van der Waals surface area contributed by atoms with Crippen LogP contribution in [0.4, 0.5) is 4.39 Å². The van der Waals surface area contributed by atoms with Gasteiger partial charge in [-0.1, -0.05) is 0 Å². The SMILES string of the molecule is CO[C@H]1C[C@@H](C(N)=O)N(Cc2cc(C#N)ccc2F)C1. The fourth-order valence-electron chi connectivity index (χ4n) is 2.49. The van der Waals surface area contributed by atoms with Crippen LogP contribution in [-0.2, 0) is 16.1 Å². The molecule has 2 N–H and O–H groups in total. The zero-order valence-electron chi connectivity index (χ0n) is 11.2. The molecule has 1 aromatic carbocycles. The van der Waals surface area contributed by atoms with E-state index in [-0.39, 0.29) is 12.6 Å². The molecule has 20 heavy (non-hydrogen) atoms. The second kappa shape index (κ2) is 5.99. The van der Waals surface area contributed by atoms with Gasteiger partial charge in [0.05, 0.1) is 23.8 Å². The zero-order chi connectivity index (χ0) is 14.7. The Bertz CT molecular complexity index is 556. The maximum atomic E-state index is 13.8. The topological polar surface area (TPSA) is 79.3 Å². The standard InChI is InChI=1S/C14H16FN3O2/c1-20-11-5-13(14(17)19)18(8-11)7-10-4-9(6-16)2-3-12(10)15/h2-4,11,13H,5,7-8H2,1H3,(H2,17,19)/t11-,13-/m0/s1. The largest absolute Gasteiger partial charge is 0.380 e. The molecule has 1 aliphatic rings. The van der Waals surface area contributed by atoms with Gasteiger partial charge in [-0.25, -0.2) is 4.39 Å². The number of nitriles is 1. The number of halogens is 1. The molecule has 2 rings (SSSR count). The third-order valence-corrected chi connectivity index (χ3v) is 3.58. The summed E-state index contributed by atoms with van der Waals surface area (Å²) < 4.78 is 19.0. The van der Waals surface area contributed by atoms with Crippen molar-refractivity contribution in [2.75, 3.05) is 13.7 Å². The average molecular weight is 277 g/mol. The van der Waals surface area contributed by atoms with Crippen LogP contribution in [0.25, 0.3) is 0 Å². The Kier molecular flexibility index (Phi) is 4.32. The molecule has 0 unspecified atom stereocenters. The molecule has 0 radical (unpaired) electrons. The molecule has 6 heteroatoms. The molecular weight excluding hydrogens is 261 g/mol. The number of amides is 1. The third-order valence-electron chi connectivity index (χ3n) is 3.58. The van der Waals surface area contributed by atoms with Crippen molar-refractivity contribution in [3.8, 4) is 6.07 Å². The van der Waals surface area contributed by atoms with E-state index in [1.54, 1.807) is 12.0 Å². The lowest BCUT2D eigenvalue weighted by molar-refractivity contribution is -0.122. The fraction of sp³-hybridized carbons (Fsp3) is 0.429. The van der Waals surface area contributed by atoms with E-state index in [1.165, 1.54) is 18.2 Å². The smallest absolute Gasteiger partial charge is 0.234 e. The first-order chi connectivity index (χ1) is 9.55. The summed E-state index contributed by atoms with van der Waals surface area (Å²) in [6.07, 6.45) is 0.417. The molecule has 0 saturated carbocycles. The average Bonchev–Trinajstić information content (AvgIpc) is 2.84. The minimum Gasteiger partial charge on any atom is -0.380 e. The summed E-state index contributed by atoms with van der Waals surface area (Å²) in [6, 6.07) is 5.68. The summed E-state index contributed by atoms with van der Waals surface area (Å²) in [5, 5.41) is 8.85. The van der Waals surface area contributed by atoms with E-state index in [1.807, 2.05) is 6.07 Å². The molecule has 2 atom stereocenters. The Labute approximate surface area is 116 Å². The maximum Gasteiger partial charge on any atom is 0.234 e. The Morgan fingerprint density at radius 2 is 2.40 bits per heavy atom. The van der Waals surface area contributed by atoms with Crippen molar-refractivity contribution in [1.82, 2.24) is 4.90 Å². The van der Waals surface area contributed by atoms with Crippen LogP contribution >= 0.6 is 0 Å². The van der Waals surface area contributed by atoms with E-state index < -0.39 is 17.8 Å². The van der Waals surface area contributed by atoms with Crippen molar-refractivity contribution < 1.29 is 13.9 Å². The predicted octanol–water partition coefficient (Wildman–Crippen LogP) is 0.772. The lowest BCUT2D eigenvalue weighted by Gasteiger charge is -2.21. The van der Waals surface area contributed by atoms with Gasteiger partial charge in [-0.15, -0.1) is 0 Å². The van der Waals surface area contributed by atoms with Gasteiger partial charge in [-0.05, 0) is 24.6 Å². The number of ether oxygens (including phenoxy) is 1. The van der Waals surface area contributed by atoms with Crippen molar-refractivity contribution in [3.05, 3.63) is 35.1 Å². The number of hydrogen-bond acceptors (Lipinski definition) is 4. The summed E-state index contributed by atoms with van der Waals surface area (Å²) in [5.41, 5.74) is 6.14. The van der Waals surface area contributed by atoms with Gasteiger partial charge in [0.2, 0.25) is 5.91 Å². The highest BCUT2D eigenvalue weighted by atomic mass is 19.1. The Hall–Kier alpha value is -1.97. The predicted molar refractivity (Wildman–Crippen MR) is 69.9 cm³/mol. The number of carbonyl (C=O) groups excluding carboxylic acids is 1. The highest BCUT2D eigenvalue weighted by Gasteiger charge is 2.35. The van der Waals surface area contributed by atoms with Gasteiger partial charge in [-0.3, -0.25) is 9.69 Å². The quantitative estimate of drug-likeness (QED) is 0.881. The van der Waals surface area contributed by atoms with Gasteiger partial charge in [0.25, 0.3) is 0 Å². The molecule has 0 spiro atoms. The molecule has 1 aliphatic heterocycles. The normalized spacial score (nSPS) is 22.6. The molecule has 1 fully saturated rings. The highest BCUT2D eigenvalue weighted by molar-refractivity contribution is 5.80. The Balaban J connectivity index is 2.20. The molecular formula is C14H16FN3O2. The van der Waals surface area contributed by atoms with E-state index in [9.17, 15) is 9.18 Å². The summed E-state index contributed by atoms with van der Waals surface area (Å²) in [5.74, 6) is -0.838. The number of hydrogen-bond donors (Lipinski definition) is 1. The first kappa shape index (κ1) is 14.4. The summed E-state index contributed by atoms with van der Waals surface area (Å²) >= 11 is 0. The molecule has 1 heterocycles. The highest BCUT2D eigenvalue weighted by Crippen LogP contribution is 2.23. The van der Waals surface area contributed by atoms with Gasteiger partial charge in [0, 0.05) is 25.8 Å². The summed E-state index contributed by atoms with van der Waals surface area (Å²) in [4.78, 5) is 13.2. The summed E-state index contributed by atoms with van der Waals surface area (Å²) in [7, 11) is 1.57. The van der Waals surface area contributed by atoms with E-state index in [4.69, 9.17) is 15.7 Å². The molecule has 1 aromatic rings. The van der Waals surface area contributed by atoms with E-state index in [0.29, 0.717) is 24.1 Å². The van der Waals surface area contributed by atoms with Gasteiger partial charge in [-0.2, -0.15) is 5.26 Å². The van der Waals surface area contributed by atoms with E-state index in [0.717, 1.165) is 0 Å². The maximum absolute atomic E-state index is 13.8. The monoisotopic (exact) mass is 277 g/mol. The number of nitrogens with two attached hydrogens (primary N) is 1. The van der Waals surface area contributed by atoms with Crippen molar-refractivity contribution in [1.29, 1.82) is 5.26 Å². The molecule has 0 bridgehead atoms. The number of benzene rings is 1. The third kappa shape index (κ3) is 2.95. The van der Waals surface area contributed by atoms with Crippen LogP contribution in [0.1, 0.15) is 17.5 Å². The molecule has 1 amide bonds. The van der Waals surface area contributed by atoms with Gasteiger partial charge in [0.15, 0.2) is 0 Å². The van der Waals surface area contributed by atoms with Gasteiger partial charge in [0.1, 0.15) is 5.82 Å². The van der Waals surface area contributed by atoms with Gasteiger partial charge < -0.3 is 10.5 Å². The number of nitrogens with zero attached hydrogens (tertiary/aromatic N) is 2. The summed E-state index contributed by atoms with van der Waals surface area (Å²) in [6.45, 7) is 0.745. The Morgan fingerprint density at radius 1 is 1.65 bits per heavy atom. The van der Waals surface area contributed by atoms with E-state index >= 15 is 0 Å². The number of methoxy groups -OCH3 is 1. The number of primary amides is 1. The van der Waals surface area contributed by atoms with Gasteiger partial charge >= 0.3 is 0 Å². The second-order valence-electron chi connectivity index (χ2n) is 4.86. The first-order valence-electron chi connectivity index (χ1n) is 6.30. The molecule has 0 aliphatic carbocycles. The van der Waals surface area contributed by atoms with Crippen molar-refractivity contribution in [3.63, 3.8) is 0 Å².